The topological polar surface area (TPSA) is 29.5 Å². The van der Waals surface area contributed by atoms with Crippen molar-refractivity contribution in [3.63, 3.8) is 0 Å². The molecule has 0 heterocycles. The van der Waals surface area contributed by atoms with E-state index in [2.05, 4.69) is 4.74 Å². The van der Waals surface area contributed by atoms with Crippen LogP contribution in [-0.2, 0) is 0 Å². The number of benzene rings is 1. The summed E-state index contributed by atoms with van der Waals surface area (Å²) in [6, 6.07) is 6.00. The third-order valence-electron chi connectivity index (χ3n) is 3.43. The summed E-state index contributed by atoms with van der Waals surface area (Å²) in [5.74, 6) is 0.317. The van der Waals surface area contributed by atoms with Crippen LogP contribution in [0.5, 0.6) is 5.75 Å². The highest BCUT2D eigenvalue weighted by molar-refractivity contribution is 6.18. The van der Waals surface area contributed by atoms with Crippen LogP contribution < -0.4 is 4.74 Å². The molecule has 0 aliphatic heterocycles. The van der Waals surface area contributed by atoms with Crippen molar-refractivity contribution < 1.29 is 18.3 Å². The van der Waals surface area contributed by atoms with Gasteiger partial charge in [-0.05, 0) is 43.5 Å². The Kier molecular flexibility index (Phi) is 5.17. The summed E-state index contributed by atoms with van der Waals surface area (Å²) in [4.78, 5) is 14.1. The van der Waals surface area contributed by atoms with E-state index in [0.717, 1.165) is 19.3 Å². The van der Waals surface area contributed by atoms with Crippen LogP contribution in [-0.4, -0.2) is 35.9 Å². The zero-order valence-corrected chi connectivity index (χ0v) is 11.7. The first-order valence-corrected chi connectivity index (χ1v) is 7.07. The molecule has 0 unspecified atom stereocenters. The summed E-state index contributed by atoms with van der Waals surface area (Å²) in [5, 5.41) is 0. The average Bonchev–Trinajstić information content (AvgIpc) is 2.35. The number of hydrogen-bond acceptors (Lipinski definition) is 2. The molecule has 1 aromatic rings. The summed E-state index contributed by atoms with van der Waals surface area (Å²) in [5.41, 5.74) is 0.462. The molecule has 1 amide bonds. The second kappa shape index (κ2) is 6.88. The predicted molar refractivity (Wildman–Crippen MR) is 72.5 cm³/mol. The van der Waals surface area contributed by atoms with Crippen LogP contribution in [0.4, 0.5) is 8.78 Å². The van der Waals surface area contributed by atoms with Gasteiger partial charge in [-0.2, -0.15) is 8.78 Å². The fourth-order valence-corrected chi connectivity index (χ4v) is 2.37. The maximum atomic E-state index is 12.4. The van der Waals surface area contributed by atoms with Crippen LogP contribution >= 0.6 is 11.6 Å². The maximum absolute atomic E-state index is 12.4. The minimum absolute atomic E-state index is 0.0455. The zero-order chi connectivity index (χ0) is 14.5. The van der Waals surface area contributed by atoms with Crippen LogP contribution in [0.2, 0.25) is 0 Å². The van der Waals surface area contributed by atoms with Gasteiger partial charge >= 0.3 is 6.61 Å². The molecule has 1 aromatic carbocycles. The van der Waals surface area contributed by atoms with Crippen LogP contribution in [0.3, 0.4) is 0 Å². The van der Waals surface area contributed by atoms with Crippen LogP contribution in [0.15, 0.2) is 24.3 Å². The average molecular weight is 304 g/mol. The number of carbonyl (C=O) groups excluding carboxylic acids is 1. The third-order valence-corrected chi connectivity index (χ3v) is 3.60. The Morgan fingerprint density at radius 3 is 2.45 bits per heavy atom. The largest absolute Gasteiger partial charge is 0.435 e. The second-order valence-electron chi connectivity index (χ2n) is 4.68. The molecule has 20 heavy (non-hydrogen) atoms. The minimum atomic E-state index is -2.86. The molecule has 6 heteroatoms. The highest BCUT2D eigenvalue weighted by Crippen LogP contribution is 2.26. The molecule has 2 rings (SSSR count). The first kappa shape index (κ1) is 15.0. The normalized spacial score (nSPS) is 15.0. The minimum Gasteiger partial charge on any atom is -0.435 e. The smallest absolute Gasteiger partial charge is 0.387 e. The van der Waals surface area contributed by atoms with Crippen molar-refractivity contribution in [3.8, 4) is 5.75 Å². The summed E-state index contributed by atoms with van der Waals surface area (Å²) in [6.07, 6.45) is 3.11. The molecule has 3 nitrogen and oxygen atoms in total. The summed E-state index contributed by atoms with van der Waals surface area (Å²) in [7, 11) is 0. The van der Waals surface area contributed by atoms with Gasteiger partial charge in [-0.1, -0.05) is 0 Å². The first-order valence-electron chi connectivity index (χ1n) is 6.53. The second-order valence-corrected chi connectivity index (χ2v) is 5.05. The first-order chi connectivity index (χ1) is 9.61. The fourth-order valence-electron chi connectivity index (χ4n) is 2.18. The summed E-state index contributed by atoms with van der Waals surface area (Å²) in [6.45, 7) is -2.36. The van der Waals surface area contributed by atoms with Crippen molar-refractivity contribution in [1.82, 2.24) is 4.90 Å². The van der Waals surface area contributed by atoms with Crippen molar-refractivity contribution in [2.75, 3.05) is 12.4 Å². The summed E-state index contributed by atoms with van der Waals surface area (Å²) >= 11 is 5.74. The molecule has 1 aliphatic rings. The van der Waals surface area contributed by atoms with Crippen molar-refractivity contribution in [2.45, 2.75) is 31.9 Å². The van der Waals surface area contributed by atoms with E-state index in [0.29, 0.717) is 18.0 Å². The zero-order valence-electron chi connectivity index (χ0n) is 10.9. The van der Waals surface area contributed by atoms with E-state index in [9.17, 15) is 13.6 Å². The monoisotopic (exact) mass is 303 g/mol. The van der Waals surface area contributed by atoms with E-state index in [-0.39, 0.29) is 17.7 Å². The lowest BCUT2D eigenvalue weighted by Crippen LogP contribution is -2.45. The highest BCUT2D eigenvalue weighted by Gasteiger charge is 2.28. The number of hydrogen-bond donors (Lipinski definition) is 0. The molecule has 0 spiro atoms. The van der Waals surface area contributed by atoms with Gasteiger partial charge in [0.25, 0.3) is 5.91 Å². The Hall–Kier alpha value is -1.36. The van der Waals surface area contributed by atoms with E-state index in [4.69, 9.17) is 11.6 Å². The van der Waals surface area contributed by atoms with Crippen LogP contribution in [0, 0.1) is 0 Å². The molecule has 0 N–H and O–H groups in total. The van der Waals surface area contributed by atoms with E-state index in [1.807, 2.05) is 0 Å². The Labute approximate surface area is 121 Å². The number of rotatable bonds is 6. The molecule has 0 aromatic heterocycles. The Morgan fingerprint density at radius 1 is 1.35 bits per heavy atom. The molecule has 0 bridgehead atoms. The molecule has 0 saturated heterocycles. The molecule has 1 saturated carbocycles. The van der Waals surface area contributed by atoms with E-state index < -0.39 is 6.61 Å². The highest BCUT2D eigenvalue weighted by atomic mass is 35.5. The van der Waals surface area contributed by atoms with Crippen molar-refractivity contribution >= 4 is 17.5 Å². The number of alkyl halides is 3. The Balaban J connectivity index is 2.06. The molecule has 1 fully saturated rings. The van der Waals surface area contributed by atoms with Crippen molar-refractivity contribution in [3.05, 3.63) is 29.8 Å². The van der Waals surface area contributed by atoms with Gasteiger partial charge in [-0.3, -0.25) is 4.79 Å². The number of ether oxygens (including phenoxy) is 1. The molecule has 1 aliphatic carbocycles. The molecule has 0 atom stereocenters. The van der Waals surface area contributed by atoms with E-state index in [1.54, 1.807) is 4.90 Å². The SMILES string of the molecule is O=C(c1ccc(OC(F)F)cc1)N(CCCl)C1CCC1. The van der Waals surface area contributed by atoms with Gasteiger partial charge in [0.15, 0.2) is 0 Å². The molecular formula is C14H16ClF2NO2. The van der Waals surface area contributed by atoms with Gasteiger partial charge in [0.2, 0.25) is 0 Å². The van der Waals surface area contributed by atoms with Gasteiger partial charge < -0.3 is 9.64 Å². The Morgan fingerprint density at radius 2 is 2.00 bits per heavy atom. The van der Waals surface area contributed by atoms with E-state index >= 15 is 0 Å². The third kappa shape index (κ3) is 3.60. The summed E-state index contributed by atoms with van der Waals surface area (Å²) < 4.78 is 28.4. The number of amides is 1. The lowest BCUT2D eigenvalue weighted by molar-refractivity contribution is -0.0498. The maximum Gasteiger partial charge on any atom is 0.387 e. The lowest BCUT2D eigenvalue weighted by atomic mass is 9.91. The van der Waals surface area contributed by atoms with Crippen molar-refractivity contribution in [1.29, 1.82) is 0 Å². The Bertz CT molecular complexity index is 449. The molecule has 0 radical (unpaired) electrons. The number of nitrogens with zero attached hydrogens (tertiary/aromatic N) is 1. The number of halogens is 3. The van der Waals surface area contributed by atoms with E-state index in [1.165, 1.54) is 24.3 Å². The fraction of sp³-hybridized carbons (Fsp3) is 0.500. The lowest BCUT2D eigenvalue weighted by Gasteiger charge is -2.37. The molecule has 110 valence electrons. The molecular weight excluding hydrogens is 288 g/mol. The van der Waals surface area contributed by atoms with Gasteiger partial charge in [0.1, 0.15) is 5.75 Å². The van der Waals surface area contributed by atoms with Gasteiger partial charge in [-0.15, -0.1) is 11.6 Å². The van der Waals surface area contributed by atoms with Crippen molar-refractivity contribution in [2.24, 2.45) is 0 Å². The van der Waals surface area contributed by atoms with Crippen LogP contribution in [0.1, 0.15) is 29.6 Å². The quantitative estimate of drug-likeness (QED) is 0.753. The van der Waals surface area contributed by atoms with Gasteiger partial charge in [0, 0.05) is 24.0 Å². The predicted octanol–water partition coefficient (Wildman–Crippen LogP) is 3.52. The van der Waals surface area contributed by atoms with Gasteiger partial charge in [0.05, 0.1) is 0 Å². The standard InChI is InChI=1S/C14H16ClF2NO2/c15-8-9-18(11-2-1-3-11)13(19)10-4-6-12(7-5-10)20-14(16)17/h4-7,11,14H,1-3,8-9H2. The van der Waals surface area contributed by atoms with Crippen LogP contribution in [0.25, 0.3) is 0 Å². The number of carbonyl (C=O) groups is 1. The van der Waals surface area contributed by atoms with Gasteiger partial charge in [-0.25, -0.2) is 0 Å².